The summed E-state index contributed by atoms with van der Waals surface area (Å²) in [7, 11) is -2.29. The third-order valence-corrected chi connectivity index (χ3v) is 6.17. The molecule has 0 aliphatic rings. The predicted molar refractivity (Wildman–Crippen MR) is 97.6 cm³/mol. The second-order valence-corrected chi connectivity index (χ2v) is 8.49. The Balaban J connectivity index is 2.02. The maximum atomic E-state index is 12.8. The first-order chi connectivity index (χ1) is 11.3. The van der Waals surface area contributed by atoms with Crippen LogP contribution in [-0.2, 0) is 10.0 Å². The number of benzene rings is 2. The molecule has 0 bridgehead atoms. The summed E-state index contributed by atoms with van der Waals surface area (Å²) in [5.41, 5.74) is 3.13. The van der Waals surface area contributed by atoms with Crippen LogP contribution in [0.25, 0.3) is 10.2 Å². The van der Waals surface area contributed by atoms with Crippen LogP contribution in [0, 0.1) is 20.8 Å². The molecular weight excluding hydrogens is 344 g/mol. The number of hydrogen-bond acceptors (Lipinski definition) is 5. The van der Waals surface area contributed by atoms with Gasteiger partial charge in [0, 0.05) is 0 Å². The summed E-state index contributed by atoms with van der Waals surface area (Å²) in [4.78, 5) is 4.52. The largest absolute Gasteiger partial charge is 0.495 e. The van der Waals surface area contributed by atoms with E-state index in [2.05, 4.69) is 9.71 Å². The molecule has 5 nitrogen and oxygen atoms in total. The van der Waals surface area contributed by atoms with E-state index >= 15 is 0 Å². The Hall–Kier alpha value is -2.12. The second kappa shape index (κ2) is 6.07. The number of sulfonamides is 1. The first-order valence-electron chi connectivity index (χ1n) is 7.35. The lowest BCUT2D eigenvalue weighted by molar-refractivity contribution is 0.402. The molecule has 0 radical (unpaired) electrons. The average molecular weight is 362 g/mol. The van der Waals surface area contributed by atoms with Gasteiger partial charge >= 0.3 is 0 Å². The number of anilines is 1. The van der Waals surface area contributed by atoms with E-state index in [0.29, 0.717) is 11.4 Å². The van der Waals surface area contributed by atoms with Crippen LogP contribution in [0.2, 0.25) is 0 Å². The fourth-order valence-electron chi connectivity index (χ4n) is 2.45. The molecule has 3 rings (SSSR count). The molecular formula is C17H18N2O3S2. The molecule has 1 heterocycles. The Bertz CT molecular complexity index is 1020. The summed E-state index contributed by atoms with van der Waals surface area (Å²) >= 11 is 1.58. The SMILES string of the molecule is COc1cc(C)c(C)cc1S(=O)(=O)Nc1ccc2sc(C)nc2c1. The second-order valence-electron chi connectivity index (χ2n) is 5.61. The van der Waals surface area contributed by atoms with E-state index < -0.39 is 10.0 Å². The zero-order chi connectivity index (χ0) is 17.5. The number of methoxy groups -OCH3 is 1. The number of aryl methyl sites for hydroxylation is 3. The molecule has 0 spiro atoms. The lowest BCUT2D eigenvalue weighted by atomic mass is 10.1. The number of thiazole rings is 1. The van der Waals surface area contributed by atoms with Crippen molar-refractivity contribution in [1.29, 1.82) is 0 Å². The zero-order valence-corrected chi connectivity index (χ0v) is 15.5. The maximum Gasteiger partial charge on any atom is 0.265 e. The van der Waals surface area contributed by atoms with E-state index in [4.69, 9.17) is 4.74 Å². The van der Waals surface area contributed by atoms with Crippen molar-refractivity contribution in [2.75, 3.05) is 11.8 Å². The summed E-state index contributed by atoms with van der Waals surface area (Å²) in [5, 5.41) is 0.945. The summed E-state index contributed by atoms with van der Waals surface area (Å²) in [6, 6.07) is 8.71. The van der Waals surface area contributed by atoms with E-state index in [1.54, 1.807) is 35.6 Å². The molecule has 0 saturated carbocycles. The summed E-state index contributed by atoms with van der Waals surface area (Å²) in [6.45, 7) is 5.71. The van der Waals surface area contributed by atoms with Gasteiger partial charge < -0.3 is 4.74 Å². The Labute approximate surface area is 145 Å². The van der Waals surface area contributed by atoms with Crippen molar-refractivity contribution in [3.05, 3.63) is 46.5 Å². The van der Waals surface area contributed by atoms with Gasteiger partial charge in [0.15, 0.2) is 0 Å². The van der Waals surface area contributed by atoms with Crippen molar-refractivity contribution < 1.29 is 13.2 Å². The van der Waals surface area contributed by atoms with Gasteiger partial charge in [0.25, 0.3) is 10.0 Å². The van der Waals surface area contributed by atoms with Crippen LogP contribution in [0.3, 0.4) is 0 Å². The Morgan fingerprint density at radius 2 is 1.79 bits per heavy atom. The molecule has 0 unspecified atom stereocenters. The molecule has 126 valence electrons. The highest BCUT2D eigenvalue weighted by Gasteiger charge is 2.21. The number of ether oxygens (including phenoxy) is 1. The van der Waals surface area contributed by atoms with Crippen LogP contribution in [0.15, 0.2) is 35.2 Å². The van der Waals surface area contributed by atoms with Crippen molar-refractivity contribution in [1.82, 2.24) is 4.98 Å². The van der Waals surface area contributed by atoms with Crippen LogP contribution in [0.5, 0.6) is 5.75 Å². The van der Waals surface area contributed by atoms with E-state index in [9.17, 15) is 8.42 Å². The molecule has 0 atom stereocenters. The minimum atomic E-state index is -3.76. The Kier molecular flexibility index (Phi) is 4.23. The number of hydrogen-bond donors (Lipinski definition) is 1. The monoisotopic (exact) mass is 362 g/mol. The molecule has 0 fully saturated rings. The first kappa shape index (κ1) is 16.7. The molecule has 2 aromatic carbocycles. The lowest BCUT2D eigenvalue weighted by Gasteiger charge is -2.14. The molecule has 1 aromatic heterocycles. The van der Waals surface area contributed by atoms with Crippen molar-refractivity contribution in [3.8, 4) is 5.75 Å². The highest BCUT2D eigenvalue weighted by Crippen LogP contribution is 2.30. The van der Waals surface area contributed by atoms with Crippen molar-refractivity contribution in [2.24, 2.45) is 0 Å². The van der Waals surface area contributed by atoms with Crippen LogP contribution in [0.4, 0.5) is 5.69 Å². The molecule has 3 aromatic rings. The molecule has 0 saturated heterocycles. The van der Waals surface area contributed by atoms with Gasteiger partial charge in [-0.2, -0.15) is 0 Å². The number of nitrogens with zero attached hydrogens (tertiary/aromatic N) is 1. The Morgan fingerprint density at radius 3 is 2.50 bits per heavy atom. The van der Waals surface area contributed by atoms with Gasteiger partial charge in [-0.1, -0.05) is 0 Å². The maximum absolute atomic E-state index is 12.8. The highest BCUT2D eigenvalue weighted by atomic mass is 32.2. The van der Waals surface area contributed by atoms with Crippen LogP contribution >= 0.6 is 11.3 Å². The minimum absolute atomic E-state index is 0.127. The number of aromatic nitrogens is 1. The van der Waals surface area contributed by atoms with E-state index in [1.807, 2.05) is 26.8 Å². The van der Waals surface area contributed by atoms with Gasteiger partial charge in [0.05, 0.1) is 28.0 Å². The summed E-state index contributed by atoms with van der Waals surface area (Å²) < 4.78 is 34.4. The number of nitrogens with one attached hydrogen (secondary N) is 1. The van der Waals surface area contributed by atoms with Gasteiger partial charge in [-0.15, -0.1) is 11.3 Å². The van der Waals surface area contributed by atoms with Crippen molar-refractivity contribution >= 4 is 37.3 Å². The van der Waals surface area contributed by atoms with E-state index in [0.717, 1.165) is 26.4 Å². The van der Waals surface area contributed by atoms with Gasteiger partial charge in [-0.3, -0.25) is 4.72 Å². The standard InChI is InChI=1S/C17H18N2O3S2/c1-10-7-15(22-4)17(8-11(10)2)24(20,21)19-13-5-6-16-14(9-13)18-12(3)23-16/h5-9,19H,1-4H3. The lowest BCUT2D eigenvalue weighted by Crippen LogP contribution is -2.14. The normalized spacial score (nSPS) is 11.7. The number of fused-ring (bicyclic) bond motifs is 1. The van der Waals surface area contributed by atoms with E-state index in [-0.39, 0.29) is 4.90 Å². The smallest absolute Gasteiger partial charge is 0.265 e. The first-order valence-corrected chi connectivity index (χ1v) is 9.65. The topological polar surface area (TPSA) is 68.3 Å². The van der Waals surface area contributed by atoms with Crippen molar-refractivity contribution in [3.63, 3.8) is 0 Å². The van der Waals surface area contributed by atoms with E-state index in [1.165, 1.54) is 7.11 Å². The average Bonchev–Trinajstić information content (AvgIpc) is 2.88. The van der Waals surface area contributed by atoms with Gasteiger partial charge in [0.1, 0.15) is 10.6 Å². The third kappa shape index (κ3) is 3.09. The summed E-state index contributed by atoms with van der Waals surface area (Å²) in [6.07, 6.45) is 0. The van der Waals surface area contributed by atoms with Gasteiger partial charge in [0.2, 0.25) is 0 Å². The Morgan fingerprint density at radius 1 is 1.08 bits per heavy atom. The fourth-order valence-corrected chi connectivity index (χ4v) is 4.54. The van der Waals surface area contributed by atoms with Gasteiger partial charge in [-0.05, 0) is 62.2 Å². The fraction of sp³-hybridized carbons (Fsp3) is 0.235. The number of rotatable bonds is 4. The molecule has 0 aliphatic carbocycles. The predicted octanol–water partition coefficient (Wildman–Crippen LogP) is 4.03. The van der Waals surface area contributed by atoms with Crippen LogP contribution in [-0.4, -0.2) is 20.5 Å². The van der Waals surface area contributed by atoms with Crippen LogP contribution in [0.1, 0.15) is 16.1 Å². The van der Waals surface area contributed by atoms with Crippen LogP contribution < -0.4 is 9.46 Å². The molecule has 0 amide bonds. The minimum Gasteiger partial charge on any atom is -0.495 e. The third-order valence-electron chi connectivity index (χ3n) is 3.82. The highest BCUT2D eigenvalue weighted by molar-refractivity contribution is 7.92. The van der Waals surface area contributed by atoms with Crippen molar-refractivity contribution in [2.45, 2.75) is 25.7 Å². The summed E-state index contributed by atoms with van der Waals surface area (Å²) in [5.74, 6) is 0.330. The quantitative estimate of drug-likeness (QED) is 0.761. The molecule has 0 aliphatic heterocycles. The molecule has 7 heteroatoms. The molecule has 24 heavy (non-hydrogen) atoms. The molecule has 1 N–H and O–H groups in total. The zero-order valence-electron chi connectivity index (χ0n) is 13.9. The van der Waals surface area contributed by atoms with Gasteiger partial charge in [-0.25, -0.2) is 13.4 Å².